The van der Waals surface area contributed by atoms with Gasteiger partial charge < -0.3 is 5.32 Å². The summed E-state index contributed by atoms with van der Waals surface area (Å²) in [6, 6.07) is 13.8. The summed E-state index contributed by atoms with van der Waals surface area (Å²) in [5.74, 6) is -0.404. The number of hydrogen-bond donors (Lipinski definition) is 1. The highest BCUT2D eigenvalue weighted by molar-refractivity contribution is 6.30. The van der Waals surface area contributed by atoms with Gasteiger partial charge in [0.05, 0.1) is 6.54 Å². The standard InChI is InChI=1S/C16H14ClNO2/c1-11-3-2-4-13(9-11)16(20)18-10-15(19)12-5-7-14(17)8-6-12/h2-9H,10H2,1H3,(H,18,20). The second kappa shape index (κ2) is 6.35. The largest absolute Gasteiger partial charge is 0.345 e. The number of benzene rings is 2. The van der Waals surface area contributed by atoms with E-state index in [0.29, 0.717) is 16.1 Å². The van der Waals surface area contributed by atoms with Crippen LogP contribution in [-0.2, 0) is 0 Å². The van der Waals surface area contributed by atoms with Crippen molar-refractivity contribution in [3.8, 4) is 0 Å². The third-order valence-electron chi connectivity index (χ3n) is 2.86. The Kier molecular flexibility index (Phi) is 4.53. The lowest BCUT2D eigenvalue weighted by Crippen LogP contribution is -2.29. The molecule has 2 aromatic rings. The number of rotatable bonds is 4. The van der Waals surface area contributed by atoms with Gasteiger partial charge in [-0.25, -0.2) is 0 Å². The minimum Gasteiger partial charge on any atom is -0.345 e. The van der Waals surface area contributed by atoms with Crippen molar-refractivity contribution < 1.29 is 9.59 Å². The molecule has 102 valence electrons. The molecule has 0 aliphatic rings. The van der Waals surface area contributed by atoms with E-state index in [0.717, 1.165) is 5.56 Å². The van der Waals surface area contributed by atoms with Gasteiger partial charge in [0.15, 0.2) is 5.78 Å². The third kappa shape index (κ3) is 3.68. The van der Waals surface area contributed by atoms with Gasteiger partial charge >= 0.3 is 0 Å². The second-order valence-electron chi connectivity index (χ2n) is 4.48. The first-order valence-electron chi connectivity index (χ1n) is 6.20. The fourth-order valence-electron chi connectivity index (χ4n) is 1.79. The van der Waals surface area contributed by atoms with Crippen molar-refractivity contribution in [3.63, 3.8) is 0 Å². The average molecular weight is 288 g/mol. The van der Waals surface area contributed by atoms with E-state index in [-0.39, 0.29) is 18.2 Å². The Morgan fingerprint density at radius 2 is 1.75 bits per heavy atom. The lowest BCUT2D eigenvalue weighted by Gasteiger charge is -2.05. The number of Topliss-reactive ketones (excluding diaryl/α,β-unsaturated/α-hetero) is 1. The van der Waals surface area contributed by atoms with E-state index >= 15 is 0 Å². The van der Waals surface area contributed by atoms with Crippen LogP contribution >= 0.6 is 11.6 Å². The van der Waals surface area contributed by atoms with Gasteiger partial charge in [0, 0.05) is 16.1 Å². The summed E-state index contributed by atoms with van der Waals surface area (Å²) in [7, 11) is 0. The van der Waals surface area contributed by atoms with Crippen molar-refractivity contribution >= 4 is 23.3 Å². The molecule has 20 heavy (non-hydrogen) atoms. The highest BCUT2D eigenvalue weighted by atomic mass is 35.5. The highest BCUT2D eigenvalue weighted by Crippen LogP contribution is 2.10. The van der Waals surface area contributed by atoms with Gasteiger partial charge in [-0.3, -0.25) is 9.59 Å². The number of ketones is 1. The SMILES string of the molecule is Cc1cccc(C(=O)NCC(=O)c2ccc(Cl)cc2)c1. The van der Waals surface area contributed by atoms with Crippen LogP contribution < -0.4 is 5.32 Å². The van der Waals surface area contributed by atoms with E-state index in [1.165, 1.54) is 0 Å². The number of aryl methyl sites for hydroxylation is 1. The Labute approximate surface area is 122 Å². The zero-order chi connectivity index (χ0) is 14.5. The molecule has 1 amide bonds. The molecule has 4 heteroatoms. The van der Waals surface area contributed by atoms with E-state index in [1.807, 2.05) is 19.1 Å². The average Bonchev–Trinajstić information content (AvgIpc) is 2.45. The molecule has 0 bridgehead atoms. The molecule has 0 atom stereocenters. The van der Waals surface area contributed by atoms with Crippen molar-refractivity contribution in [3.05, 3.63) is 70.2 Å². The van der Waals surface area contributed by atoms with Gasteiger partial charge in [-0.15, -0.1) is 0 Å². The number of carbonyl (C=O) groups is 2. The van der Waals surface area contributed by atoms with Gasteiger partial charge in [-0.05, 0) is 43.3 Å². The molecule has 2 rings (SSSR count). The van der Waals surface area contributed by atoms with E-state index in [2.05, 4.69) is 5.32 Å². The van der Waals surface area contributed by atoms with E-state index in [4.69, 9.17) is 11.6 Å². The molecule has 1 N–H and O–H groups in total. The van der Waals surface area contributed by atoms with Crippen LogP contribution in [0.25, 0.3) is 0 Å². The van der Waals surface area contributed by atoms with Crippen molar-refractivity contribution in [1.29, 1.82) is 0 Å². The smallest absolute Gasteiger partial charge is 0.251 e. The minimum absolute atomic E-state index is 0.0333. The van der Waals surface area contributed by atoms with Crippen LogP contribution in [0, 0.1) is 6.92 Å². The first-order valence-corrected chi connectivity index (χ1v) is 6.58. The number of halogens is 1. The lowest BCUT2D eigenvalue weighted by molar-refractivity contribution is 0.0904. The van der Waals surface area contributed by atoms with Crippen molar-refractivity contribution in [1.82, 2.24) is 5.32 Å². The molecule has 2 aromatic carbocycles. The Hall–Kier alpha value is -2.13. The fraction of sp³-hybridized carbons (Fsp3) is 0.125. The summed E-state index contributed by atoms with van der Waals surface area (Å²) in [4.78, 5) is 23.8. The highest BCUT2D eigenvalue weighted by Gasteiger charge is 2.09. The Morgan fingerprint density at radius 3 is 2.40 bits per heavy atom. The molecular formula is C16H14ClNO2. The summed E-state index contributed by atoms with van der Waals surface area (Å²) in [6.45, 7) is 1.88. The maximum Gasteiger partial charge on any atom is 0.251 e. The Bertz CT molecular complexity index is 635. The molecule has 0 saturated heterocycles. The van der Waals surface area contributed by atoms with Crippen LogP contribution in [0.1, 0.15) is 26.3 Å². The monoisotopic (exact) mass is 287 g/mol. The number of carbonyl (C=O) groups excluding carboxylic acids is 2. The van der Waals surface area contributed by atoms with Crippen LogP contribution in [0.2, 0.25) is 5.02 Å². The van der Waals surface area contributed by atoms with Gasteiger partial charge in [-0.1, -0.05) is 29.3 Å². The molecule has 0 heterocycles. The van der Waals surface area contributed by atoms with E-state index in [9.17, 15) is 9.59 Å². The Morgan fingerprint density at radius 1 is 1.05 bits per heavy atom. The summed E-state index contributed by atoms with van der Waals surface area (Å²) >= 11 is 5.76. The van der Waals surface area contributed by atoms with Crippen LogP contribution in [-0.4, -0.2) is 18.2 Å². The van der Waals surface area contributed by atoms with Crippen molar-refractivity contribution in [2.45, 2.75) is 6.92 Å². The normalized spacial score (nSPS) is 10.1. The molecular weight excluding hydrogens is 274 g/mol. The molecule has 0 aromatic heterocycles. The maximum absolute atomic E-state index is 11.9. The van der Waals surface area contributed by atoms with Gasteiger partial charge in [-0.2, -0.15) is 0 Å². The maximum atomic E-state index is 11.9. The summed E-state index contributed by atoms with van der Waals surface area (Å²) in [6.07, 6.45) is 0. The number of nitrogens with one attached hydrogen (secondary N) is 1. The van der Waals surface area contributed by atoms with Crippen LogP contribution in [0.4, 0.5) is 0 Å². The molecule has 0 unspecified atom stereocenters. The first-order chi connectivity index (χ1) is 9.56. The predicted molar refractivity (Wildman–Crippen MR) is 79.3 cm³/mol. The van der Waals surface area contributed by atoms with Crippen LogP contribution in [0.15, 0.2) is 48.5 Å². The lowest BCUT2D eigenvalue weighted by atomic mass is 10.1. The summed E-state index contributed by atoms with van der Waals surface area (Å²) < 4.78 is 0. The molecule has 0 aliphatic carbocycles. The quantitative estimate of drug-likeness (QED) is 0.877. The fourth-order valence-corrected chi connectivity index (χ4v) is 1.91. The van der Waals surface area contributed by atoms with Gasteiger partial charge in [0.1, 0.15) is 0 Å². The zero-order valence-electron chi connectivity index (χ0n) is 11.0. The van der Waals surface area contributed by atoms with Crippen molar-refractivity contribution in [2.75, 3.05) is 6.54 Å². The molecule has 3 nitrogen and oxygen atoms in total. The third-order valence-corrected chi connectivity index (χ3v) is 3.11. The van der Waals surface area contributed by atoms with Gasteiger partial charge in [0.2, 0.25) is 0 Å². The molecule has 0 saturated carbocycles. The summed E-state index contributed by atoms with van der Waals surface area (Å²) in [5.41, 5.74) is 2.08. The van der Waals surface area contributed by atoms with Crippen LogP contribution in [0.5, 0.6) is 0 Å². The van der Waals surface area contributed by atoms with Crippen molar-refractivity contribution in [2.24, 2.45) is 0 Å². The molecule has 0 aliphatic heterocycles. The topological polar surface area (TPSA) is 46.2 Å². The Balaban J connectivity index is 1.96. The first kappa shape index (κ1) is 14.3. The zero-order valence-corrected chi connectivity index (χ0v) is 11.8. The second-order valence-corrected chi connectivity index (χ2v) is 4.92. The predicted octanol–water partition coefficient (Wildman–Crippen LogP) is 3.26. The van der Waals surface area contributed by atoms with E-state index in [1.54, 1.807) is 36.4 Å². The van der Waals surface area contributed by atoms with Gasteiger partial charge in [0.25, 0.3) is 5.91 Å². The summed E-state index contributed by atoms with van der Waals surface area (Å²) in [5, 5.41) is 3.19. The molecule has 0 spiro atoms. The number of amides is 1. The molecule has 0 radical (unpaired) electrons. The number of hydrogen-bond acceptors (Lipinski definition) is 2. The molecule has 0 fully saturated rings. The van der Waals surface area contributed by atoms with E-state index < -0.39 is 0 Å². The minimum atomic E-state index is -0.254. The van der Waals surface area contributed by atoms with Crippen LogP contribution in [0.3, 0.4) is 0 Å².